The average Bonchev–Trinajstić information content (AvgIpc) is 1.99. The van der Waals surface area contributed by atoms with Crippen LogP contribution in [0.1, 0.15) is 5.56 Å². The first-order chi connectivity index (χ1) is 6.80. The summed E-state index contributed by atoms with van der Waals surface area (Å²) in [4.78, 5) is 10.2. The van der Waals surface area contributed by atoms with Gasteiger partial charge in [0, 0.05) is 5.69 Å². The van der Waals surface area contributed by atoms with Crippen molar-refractivity contribution in [1.82, 2.24) is 0 Å². The van der Waals surface area contributed by atoms with Crippen LogP contribution in [0.3, 0.4) is 0 Å². The van der Waals surface area contributed by atoms with E-state index in [2.05, 4.69) is 5.32 Å². The summed E-state index contributed by atoms with van der Waals surface area (Å²) in [5, 5.41) is 2.27. The number of aryl methyl sites for hydroxylation is 1. The second-order valence-electron chi connectivity index (χ2n) is 2.92. The third-order valence-corrected chi connectivity index (χ3v) is 2.71. The zero-order valence-corrected chi connectivity index (χ0v) is 12.8. The summed E-state index contributed by atoms with van der Waals surface area (Å²) >= 11 is 0. The minimum absolute atomic E-state index is 0. The number of hydrogen-bond donors (Lipinski definition) is 2. The first-order valence-electron chi connectivity index (χ1n) is 3.93. The third-order valence-electron chi connectivity index (χ3n) is 1.71. The summed E-state index contributed by atoms with van der Waals surface area (Å²) in [5.74, 6) is 0. The molecule has 0 saturated carbocycles. The van der Waals surface area contributed by atoms with Crippen LogP contribution >= 0.6 is 0 Å². The second-order valence-corrected chi connectivity index (χ2v) is 4.27. The molecule has 82 valence electrons. The summed E-state index contributed by atoms with van der Waals surface area (Å²) in [7, 11) is -4.47. The number of primary amides is 1. The molecule has 0 aliphatic carbocycles. The van der Waals surface area contributed by atoms with Gasteiger partial charge in [0.2, 0.25) is 0 Å². The van der Waals surface area contributed by atoms with Gasteiger partial charge in [0.15, 0.2) is 0 Å². The van der Waals surface area contributed by atoms with Crippen molar-refractivity contribution in [3.63, 3.8) is 0 Å². The van der Waals surface area contributed by atoms with E-state index in [9.17, 15) is 17.8 Å². The van der Waals surface area contributed by atoms with Crippen molar-refractivity contribution >= 4 is 21.8 Å². The molecule has 1 aromatic carbocycles. The molecular formula is C8H9KN2O4S. The molecule has 0 bridgehead atoms. The monoisotopic (exact) mass is 268 g/mol. The summed E-state index contributed by atoms with van der Waals surface area (Å²) in [6.45, 7) is 1.46. The quantitative estimate of drug-likeness (QED) is 0.452. The Morgan fingerprint density at radius 2 is 2.00 bits per heavy atom. The number of amides is 2. The van der Waals surface area contributed by atoms with Gasteiger partial charge in [-0.1, -0.05) is 0 Å². The minimum Gasteiger partial charge on any atom is -0.744 e. The molecule has 0 aliphatic heterocycles. The predicted molar refractivity (Wildman–Crippen MR) is 52.3 cm³/mol. The number of benzene rings is 1. The summed E-state index contributed by atoms with van der Waals surface area (Å²) in [6, 6.07) is 3.02. The summed E-state index contributed by atoms with van der Waals surface area (Å²) < 4.78 is 32.2. The van der Waals surface area contributed by atoms with Gasteiger partial charge in [-0.05, 0) is 30.7 Å². The minimum atomic E-state index is -4.47. The maximum atomic E-state index is 10.7. The average molecular weight is 268 g/mol. The van der Waals surface area contributed by atoms with Gasteiger partial charge in [0.05, 0.1) is 4.90 Å². The number of urea groups is 1. The fourth-order valence-electron chi connectivity index (χ4n) is 1.15. The Kier molecular flexibility index (Phi) is 6.11. The van der Waals surface area contributed by atoms with Crippen molar-refractivity contribution in [1.29, 1.82) is 0 Å². The number of anilines is 1. The molecule has 0 saturated heterocycles. The number of rotatable bonds is 2. The topological polar surface area (TPSA) is 112 Å². The molecule has 2 amide bonds. The maximum absolute atomic E-state index is 10.7. The Morgan fingerprint density at radius 3 is 2.38 bits per heavy atom. The molecular weight excluding hydrogens is 259 g/mol. The normalized spacial score (nSPS) is 10.4. The van der Waals surface area contributed by atoms with E-state index in [-0.39, 0.29) is 61.8 Å². The van der Waals surface area contributed by atoms with Crippen molar-refractivity contribution in [2.24, 2.45) is 5.73 Å². The molecule has 0 fully saturated rings. The fraction of sp³-hybridized carbons (Fsp3) is 0.125. The van der Waals surface area contributed by atoms with E-state index in [0.717, 1.165) is 6.07 Å². The van der Waals surface area contributed by atoms with E-state index in [1.807, 2.05) is 0 Å². The Hall–Kier alpha value is 0.0364. The van der Waals surface area contributed by atoms with Gasteiger partial charge < -0.3 is 15.6 Å². The van der Waals surface area contributed by atoms with Crippen LogP contribution < -0.4 is 62.4 Å². The second kappa shape index (κ2) is 6.10. The molecule has 0 heterocycles. The van der Waals surface area contributed by atoms with Crippen LogP contribution in [0.5, 0.6) is 0 Å². The van der Waals surface area contributed by atoms with Crippen molar-refractivity contribution in [3.8, 4) is 0 Å². The van der Waals surface area contributed by atoms with Crippen LogP contribution in [0.2, 0.25) is 0 Å². The van der Waals surface area contributed by atoms with Gasteiger partial charge in [-0.3, -0.25) is 0 Å². The smallest absolute Gasteiger partial charge is 0.744 e. The van der Waals surface area contributed by atoms with E-state index < -0.39 is 16.1 Å². The molecule has 1 aromatic rings. The SMILES string of the molecule is Cc1cc(NC(N)=O)ccc1S(=O)(=O)[O-].[K+]. The molecule has 16 heavy (non-hydrogen) atoms. The van der Waals surface area contributed by atoms with Crippen LogP contribution in [0, 0.1) is 6.92 Å². The molecule has 1 rings (SSSR count). The number of carbonyl (C=O) groups excluding carboxylic acids is 1. The van der Waals surface area contributed by atoms with Crippen LogP contribution in [0.25, 0.3) is 0 Å². The number of nitrogens with one attached hydrogen (secondary N) is 1. The third kappa shape index (κ3) is 4.50. The summed E-state index contributed by atoms with van der Waals surface area (Å²) in [6.07, 6.45) is 0. The van der Waals surface area contributed by atoms with Crippen LogP contribution in [-0.4, -0.2) is 19.0 Å². The zero-order chi connectivity index (χ0) is 11.6. The first kappa shape index (κ1) is 16.0. The molecule has 0 aromatic heterocycles. The molecule has 0 atom stereocenters. The molecule has 0 aliphatic rings. The molecule has 6 nitrogen and oxygen atoms in total. The maximum Gasteiger partial charge on any atom is 1.00 e. The van der Waals surface area contributed by atoms with Gasteiger partial charge >= 0.3 is 57.4 Å². The van der Waals surface area contributed by atoms with Crippen molar-refractivity contribution in [2.45, 2.75) is 11.8 Å². The predicted octanol–water partition coefficient (Wildman–Crippen LogP) is -2.61. The van der Waals surface area contributed by atoms with Crippen molar-refractivity contribution in [2.75, 3.05) is 5.32 Å². The standard InChI is InChI=1S/C8H10N2O4S.K/c1-5-4-6(10-8(9)11)2-3-7(5)15(12,13)14;/h2-4H,1H3,(H3,9,10,11)(H,12,13,14);/q;+1/p-1. The number of nitrogens with two attached hydrogens (primary N) is 1. The molecule has 0 unspecified atom stereocenters. The van der Waals surface area contributed by atoms with Gasteiger partial charge in [-0.25, -0.2) is 13.2 Å². The fourth-order valence-corrected chi connectivity index (χ4v) is 1.84. The van der Waals surface area contributed by atoms with Crippen molar-refractivity contribution in [3.05, 3.63) is 23.8 Å². The van der Waals surface area contributed by atoms with Gasteiger partial charge in [-0.15, -0.1) is 0 Å². The largest absolute Gasteiger partial charge is 1.00 e. The van der Waals surface area contributed by atoms with E-state index in [1.165, 1.54) is 19.1 Å². The van der Waals surface area contributed by atoms with Crippen LogP contribution in [0.4, 0.5) is 10.5 Å². The molecule has 0 radical (unpaired) electrons. The Balaban J connectivity index is 0.00000225. The number of hydrogen-bond acceptors (Lipinski definition) is 4. The van der Waals surface area contributed by atoms with E-state index in [4.69, 9.17) is 5.73 Å². The Morgan fingerprint density at radius 1 is 1.44 bits per heavy atom. The number of carbonyl (C=O) groups is 1. The van der Waals surface area contributed by atoms with E-state index >= 15 is 0 Å². The van der Waals surface area contributed by atoms with Gasteiger partial charge in [0.25, 0.3) is 0 Å². The van der Waals surface area contributed by atoms with Gasteiger partial charge in [0.1, 0.15) is 10.1 Å². The first-order valence-corrected chi connectivity index (χ1v) is 5.34. The summed E-state index contributed by atoms with van der Waals surface area (Å²) in [5.41, 5.74) is 5.47. The zero-order valence-electron chi connectivity index (χ0n) is 8.85. The molecule has 0 spiro atoms. The van der Waals surface area contributed by atoms with Crippen molar-refractivity contribution < 1.29 is 69.1 Å². The molecule has 3 N–H and O–H groups in total. The van der Waals surface area contributed by atoms with Gasteiger partial charge in [-0.2, -0.15) is 0 Å². The Labute approximate surface area is 136 Å². The Bertz CT molecular complexity index is 501. The molecule has 8 heteroatoms. The van der Waals surface area contributed by atoms with E-state index in [1.54, 1.807) is 0 Å². The van der Waals surface area contributed by atoms with Crippen LogP contribution in [-0.2, 0) is 10.1 Å². The van der Waals surface area contributed by atoms with Crippen LogP contribution in [0.15, 0.2) is 23.1 Å². The van der Waals surface area contributed by atoms with E-state index in [0.29, 0.717) is 5.69 Å².